The van der Waals surface area contributed by atoms with Crippen LogP contribution >= 0.6 is 11.6 Å². The minimum absolute atomic E-state index is 0.0877. The third kappa shape index (κ3) is 7.90. The first-order valence-electron chi connectivity index (χ1n) is 13.7. The molecule has 3 heterocycles. The lowest BCUT2D eigenvalue weighted by Gasteiger charge is -2.37. The summed E-state index contributed by atoms with van der Waals surface area (Å²) in [7, 11) is 0. The maximum absolute atomic E-state index is 13.8. The molecule has 45 heavy (non-hydrogen) atoms. The number of rotatable bonds is 7. The Balaban J connectivity index is 1.72. The van der Waals surface area contributed by atoms with E-state index in [1.165, 1.54) is 9.47 Å². The number of fused-ring (bicyclic) bond motifs is 1. The molecule has 1 aliphatic heterocycles. The Kier molecular flexibility index (Phi) is 9.75. The fourth-order valence-electron chi connectivity index (χ4n) is 4.78. The van der Waals surface area contributed by atoms with Crippen LogP contribution in [0.15, 0.2) is 29.2 Å². The molecule has 11 nitrogen and oxygen atoms in total. The highest BCUT2D eigenvalue weighted by atomic mass is 35.5. The summed E-state index contributed by atoms with van der Waals surface area (Å²) in [6.45, 7) is 3.99. The summed E-state index contributed by atoms with van der Waals surface area (Å²) in [5.41, 5.74) is -2.44. The molecule has 0 unspecified atom stereocenters. The number of nitrogens with zero attached hydrogens (tertiary/aromatic N) is 5. The van der Waals surface area contributed by atoms with Crippen molar-refractivity contribution in [3.8, 4) is 5.88 Å². The molecule has 1 N–H and O–H groups in total. The quantitative estimate of drug-likeness (QED) is 0.338. The van der Waals surface area contributed by atoms with Crippen LogP contribution in [0, 0.1) is 0 Å². The summed E-state index contributed by atoms with van der Waals surface area (Å²) in [6.07, 6.45) is -4.07. The van der Waals surface area contributed by atoms with Crippen LogP contribution in [0.1, 0.15) is 39.0 Å². The second-order valence-corrected chi connectivity index (χ2v) is 11.4. The number of aromatic nitrogens is 3. The van der Waals surface area contributed by atoms with Crippen molar-refractivity contribution in [3.63, 3.8) is 0 Å². The van der Waals surface area contributed by atoms with Gasteiger partial charge in [0, 0.05) is 31.9 Å². The largest absolute Gasteiger partial charge is 0.444 e. The average Bonchev–Trinajstić information content (AvgIpc) is 2.93. The smallest absolute Gasteiger partial charge is 0.416 e. The van der Waals surface area contributed by atoms with Gasteiger partial charge in [0.2, 0.25) is 17.2 Å². The first-order valence-corrected chi connectivity index (χ1v) is 14.1. The molecule has 2 aromatic heterocycles. The van der Waals surface area contributed by atoms with Gasteiger partial charge in [-0.3, -0.25) is 9.59 Å². The van der Waals surface area contributed by atoms with Gasteiger partial charge >= 0.3 is 18.9 Å². The molecule has 244 valence electrons. The number of halogens is 6. The van der Waals surface area contributed by atoms with Gasteiger partial charge in [-0.15, -0.1) is 0 Å². The molecule has 17 heteroatoms. The normalized spacial score (nSPS) is 14.2. The molecule has 0 spiro atoms. The molecule has 1 fully saturated rings. The Hall–Kier alpha value is -4.21. The highest BCUT2D eigenvalue weighted by Crippen LogP contribution is 2.34. The fourth-order valence-corrected chi connectivity index (χ4v) is 5.01. The zero-order valence-corrected chi connectivity index (χ0v) is 25.4. The molecule has 1 saturated heterocycles. The number of nitrogens with one attached hydrogen (secondary N) is 1. The Morgan fingerprint density at radius 2 is 1.78 bits per heavy atom. The molecular weight excluding hydrogens is 631 g/mol. The van der Waals surface area contributed by atoms with Crippen LogP contribution in [-0.2, 0) is 28.7 Å². The van der Waals surface area contributed by atoms with Gasteiger partial charge in [0.05, 0.1) is 22.5 Å². The zero-order chi connectivity index (χ0) is 33.3. The van der Waals surface area contributed by atoms with Crippen molar-refractivity contribution in [2.45, 2.75) is 59.0 Å². The number of piperazine rings is 1. The van der Waals surface area contributed by atoms with Crippen molar-refractivity contribution in [3.05, 3.63) is 50.9 Å². The summed E-state index contributed by atoms with van der Waals surface area (Å²) < 4.78 is 76.2. The molecule has 3 aromatic rings. The number of amides is 2. The van der Waals surface area contributed by atoms with Gasteiger partial charge in [0.25, 0.3) is 0 Å². The van der Waals surface area contributed by atoms with Gasteiger partial charge in [0.1, 0.15) is 17.8 Å². The summed E-state index contributed by atoms with van der Waals surface area (Å²) in [4.78, 5) is 50.9. The predicted molar refractivity (Wildman–Crippen MR) is 155 cm³/mol. The highest BCUT2D eigenvalue weighted by molar-refractivity contribution is 6.33. The van der Waals surface area contributed by atoms with E-state index in [-0.39, 0.29) is 60.2 Å². The Morgan fingerprint density at radius 3 is 2.33 bits per heavy atom. The molecule has 0 radical (unpaired) electrons. The number of hydrogen-bond acceptors (Lipinski definition) is 8. The molecule has 1 aliphatic rings. The van der Waals surface area contributed by atoms with Crippen molar-refractivity contribution in [2.24, 2.45) is 0 Å². The second-order valence-electron chi connectivity index (χ2n) is 11.0. The summed E-state index contributed by atoms with van der Waals surface area (Å²) >= 11 is 6.01. The third-order valence-electron chi connectivity index (χ3n) is 6.68. The number of anilines is 2. The van der Waals surface area contributed by atoms with Crippen LogP contribution in [-0.4, -0.2) is 69.8 Å². The maximum atomic E-state index is 13.8. The van der Waals surface area contributed by atoms with E-state index in [4.69, 9.17) is 16.3 Å². The Bertz CT molecular complexity index is 1650. The van der Waals surface area contributed by atoms with Crippen LogP contribution in [0.25, 0.3) is 11.2 Å². The van der Waals surface area contributed by atoms with E-state index in [0.29, 0.717) is 11.8 Å². The predicted octanol–water partition coefficient (Wildman–Crippen LogP) is 5.32. The van der Waals surface area contributed by atoms with Gasteiger partial charge in [-0.1, -0.05) is 18.5 Å². The van der Waals surface area contributed by atoms with Gasteiger partial charge < -0.3 is 29.2 Å². The van der Waals surface area contributed by atoms with Crippen molar-refractivity contribution in [1.29, 1.82) is 0 Å². The molecule has 0 aliphatic carbocycles. The fraction of sp³-hybridized carbons (Fsp3) is 0.464. The van der Waals surface area contributed by atoms with Gasteiger partial charge in [-0.2, -0.15) is 22.0 Å². The topological polar surface area (TPSA) is 119 Å². The highest BCUT2D eigenvalue weighted by Gasteiger charge is 2.32. The average molecular weight is 661 g/mol. The van der Waals surface area contributed by atoms with Crippen molar-refractivity contribution in [1.82, 2.24) is 19.4 Å². The minimum atomic E-state index is -4.64. The number of pyridine rings is 1. The SMILES string of the molecule is CCc1c(N2CCN(C(=O)OC(C)(C)C)CC2)c(=O)c2nc(OC(F)F)cnc2n1CC(=O)Nc1ccc(C(F)(F)F)cc1Cl. The number of carbonyl (C=O) groups excluding carboxylic acids is 2. The maximum Gasteiger partial charge on any atom is 0.416 e. The van der Waals surface area contributed by atoms with Crippen molar-refractivity contribution in [2.75, 3.05) is 36.4 Å². The summed E-state index contributed by atoms with van der Waals surface area (Å²) in [5.74, 6) is -1.35. The number of hydrogen-bond donors (Lipinski definition) is 1. The van der Waals surface area contributed by atoms with Crippen LogP contribution in [0.4, 0.5) is 38.1 Å². The second kappa shape index (κ2) is 13.0. The summed E-state index contributed by atoms with van der Waals surface area (Å²) in [5, 5.41) is 2.11. The van der Waals surface area contributed by atoms with Crippen LogP contribution in [0.3, 0.4) is 0 Å². The molecule has 4 rings (SSSR count). The third-order valence-corrected chi connectivity index (χ3v) is 6.99. The van der Waals surface area contributed by atoms with E-state index in [1.807, 2.05) is 0 Å². The molecular formula is C28H30ClF5N6O5. The zero-order valence-electron chi connectivity index (χ0n) is 24.7. The monoisotopic (exact) mass is 660 g/mol. The van der Waals surface area contributed by atoms with E-state index in [9.17, 15) is 36.3 Å². The molecule has 0 atom stereocenters. The van der Waals surface area contributed by atoms with E-state index < -0.39 is 53.8 Å². The molecule has 1 aromatic carbocycles. The first-order chi connectivity index (χ1) is 21.0. The van der Waals surface area contributed by atoms with Crippen LogP contribution in [0.2, 0.25) is 5.02 Å². The lowest BCUT2D eigenvalue weighted by atomic mass is 10.1. The lowest BCUT2D eigenvalue weighted by Crippen LogP contribution is -2.51. The molecule has 0 saturated carbocycles. The number of carbonyl (C=O) groups is 2. The first kappa shape index (κ1) is 33.7. The van der Waals surface area contributed by atoms with E-state index in [0.717, 1.165) is 18.3 Å². The van der Waals surface area contributed by atoms with Crippen LogP contribution < -0.4 is 20.4 Å². The van der Waals surface area contributed by atoms with Gasteiger partial charge in [-0.05, 0) is 45.4 Å². The Labute approximate surface area is 258 Å². The number of ether oxygens (including phenoxy) is 2. The van der Waals surface area contributed by atoms with E-state index >= 15 is 0 Å². The van der Waals surface area contributed by atoms with Gasteiger partial charge in [-0.25, -0.2) is 14.8 Å². The molecule has 0 bridgehead atoms. The number of alkyl halides is 5. The Morgan fingerprint density at radius 1 is 1.11 bits per heavy atom. The van der Waals surface area contributed by atoms with Crippen LogP contribution in [0.5, 0.6) is 5.88 Å². The van der Waals surface area contributed by atoms with Gasteiger partial charge in [0.15, 0.2) is 11.2 Å². The lowest BCUT2D eigenvalue weighted by molar-refractivity contribution is -0.137. The summed E-state index contributed by atoms with van der Waals surface area (Å²) in [6, 6.07) is 2.45. The molecule has 2 amide bonds. The van der Waals surface area contributed by atoms with E-state index in [1.54, 1.807) is 32.6 Å². The minimum Gasteiger partial charge on any atom is -0.444 e. The standard InChI is InChI=1S/C28H30ClF5N6O5/c1-5-18-22(38-8-10-39(11-9-38)26(43)45-27(2,3)4)23(42)21-24(35-13-20(37-21)44-25(30)31)40(18)14-19(41)36-17-7-6-15(12-16(17)29)28(32,33)34/h6-7,12-13,25H,5,8-11,14H2,1-4H3,(H,36,41). The number of benzene rings is 1. The van der Waals surface area contributed by atoms with Crippen molar-refractivity contribution >= 4 is 46.1 Å². The van der Waals surface area contributed by atoms with Crippen molar-refractivity contribution < 1.29 is 41.0 Å². The van der Waals surface area contributed by atoms with E-state index in [2.05, 4.69) is 20.0 Å².